The van der Waals surface area contributed by atoms with Crippen LogP contribution in [-0.4, -0.2) is 22.9 Å². The van der Waals surface area contributed by atoms with Crippen LogP contribution in [-0.2, 0) is 4.79 Å². The molecule has 0 radical (unpaired) electrons. The van der Waals surface area contributed by atoms with E-state index in [0.29, 0.717) is 0 Å². The van der Waals surface area contributed by atoms with Crippen molar-refractivity contribution in [3.8, 4) is 0 Å². The molecule has 0 saturated heterocycles. The number of aromatic nitrogens is 1. The molecule has 6 heteroatoms. The quantitative estimate of drug-likeness (QED) is 0.425. The highest BCUT2D eigenvalue weighted by molar-refractivity contribution is 7.99. The number of aryl methyl sites for hydroxylation is 2. The summed E-state index contributed by atoms with van der Waals surface area (Å²) in [5.74, 6) is 0.142. The van der Waals surface area contributed by atoms with Gasteiger partial charge in [0.1, 0.15) is 0 Å². The number of amides is 1. The average Bonchev–Trinajstić information content (AvgIpc) is 3.07. The van der Waals surface area contributed by atoms with Crippen LogP contribution in [0.2, 0.25) is 0 Å². The Kier molecular flexibility index (Phi) is 5.27. The summed E-state index contributed by atoms with van der Waals surface area (Å²) in [5, 5.41) is 7.94. The summed E-state index contributed by atoms with van der Waals surface area (Å²) >= 11 is 2.99. The lowest BCUT2D eigenvalue weighted by Crippen LogP contribution is -2.19. The number of hydrazone groups is 1. The summed E-state index contributed by atoms with van der Waals surface area (Å²) in [7, 11) is 0. The number of rotatable bonds is 5. The number of hydrogen-bond acceptors (Lipinski definition) is 5. The van der Waals surface area contributed by atoms with E-state index < -0.39 is 0 Å². The molecule has 1 aromatic carbocycles. The zero-order valence-corrected chi connectivity index (χ0v) is 15.1. The Balaban J connectivity index is 1.63. The van der Waals surface area contributed by atoms with Crippen molar-refractivity contribution in [2.45, 2.75) is 18.9 Å². The molecule has 3 aromatic rings. The smallest absolute Gasteiger partial charge is 0.250 e. The van der Waals surface area contributed by atoms with Crippen molar-refractivity contribution in [3.05, 3.63) is 57.8 Å². The van der Waals surface area contributed by atoms with Gasteiger partial charge in [0.05, 0.1) is 22.5 Å². The molecule has 0 bridgehead atoms. The van der Waals surface area contributed by atoms with Crippen molar-refractivity contribution in [2.24, 2.45) is 5.10 Å². The fraction of sp³-hybridized carbons (Fsp3) is 0.167. The Morgan fingerprint density at radius 1 is 1.29 bits per heavy atom. The van der Waals surface area contributed by atoms with Gasteiger partial charge in [0, 0.05) is 10.3 Å². The molecule has 0 aliphatic heterocycles. The van der Waals surface area contributed by atoms with Gasteiger partial charge in [0.25, 0.3) is 0 Å². The average molecular weight is 355 g/mol. The van der Waals surface area contributed by atoms with E-state index in [1.54, 1.807) is 17.6 Å². The van der Waals surface area contributed by atoms with E-state index in [9.17, 15) is 4.79 Å². The second-order valence-corrected chi connectivity index (χ2v) is 7.32. The largest absolute Gasteiger partial charge is 0.272 e. The molecule has 2 aromatic heterocycles. The predicted molar refractivity (Wildman–Crippen MR) is 102 cm³/mol. The molecule has 1 amide bonds. The maximum atomic E-state index is 11.9. The van der Waals surface area contributed by atoms with Gasteiger partial charge in [-0.2, -0.15) is 5.10 Å². The van der Waals surface area contributed by atoms with Crippen molar-refractivity contribution in [2.75, 3.05) is 5.75 Å². The monoisotopic (exact) mass is 355 g/mol. The molecule has 2 heterocycles. The highest BCUT2D eigenvalue weighted by Gasteiger charge is 2.07. The van der Waals surface area contributed by atoms with E-state index in [1.165, 1.54) is 17.3 Å². The lowest BCUT2D eigenvalue weighted by molar-refractivity contribution is -0.118. The summed E-state index contributed by atoms with van der Waals surface area (Å²) in [4.78, 5) is 17.6. The first-order chi connectivity index (χ1) is 11.6. The molecule has 3 rings (SSSR count). The molecule has 0 atom stereocenters. The number of nitrogens with one attached hydrogen (secondary N) is 1. The van der Waals surface area contributed by atoms with E-state index in [0.717, 1.165) is 26.4 Å². The van der Waals surface area contributed by atoms with Crippen molar-refractivity contribution < 1.29 is 4.79 Å². The van der Waals surface area contributed by atoms with E-state index in [2.05, 4.69) is 41.5 Å². The van der Waals surface area contributed by atoms with Gasteiger partial charge in [-0.3, -0.25) is 4.79 Å². The van der Waals surface area contributed by atoms with Gasteiger partial charge in [0.15, 0.2) is 0 Å². The number of fused-ring (bicyclic) bond motifs is 1. The molecule has 4 nitrogen and oxygen atoms in total. The Labute approximate surface area is 149 Å². The van der Waals surface area contributed by atoms with E-state index in [4.69, 9.17) is 0 Å². The standard InChI is InChI=1S/C18H17N3OS2/c1-12-5-3-7-15-13(2)9-17(20-18(12)15)24-11-16(22)21-19-10-14-6-4-8-23-14/h3-10H,11H2,1-2H3,(H,21,22). The number of thiophene rings is 1. The number of benzene rings is 1. The molecule has 0 aliphatic rings. The van der Waals surface area contributed by atoms with Crippen LogP contribution in [0.5, 0.6) is 0 Å². The highest BCUT2D eigenvalue weighted by atomic mass is 32.2. The maximum Gasteiger partial charge on any atom is 0.250 e. The third-order valence-electron chi connectivity index (χ3n) is 3.50. The number of thioether (sulfide) groups is 1. The Bertz CT molecular complexity index is 889. The van der Waals surface area contributed by atoms with Crippen molar-refractivity contribution in [1.82, 2.24) is 10.4 Å². The minimum Gasteiger partial charge on any atom is -0.272 e. The van der Waals surface area contributed by atoms with Crippen molar-refractivity contribution in [1.29, 1.82) is 0 Å². The van der Waals surface area contributed by atoms with Crippen LogP contribution in [0.15, 0.2) is 51.9 Å². The lowest BCUT2D eigenvalue weighted by Gasteiger charge is -2.07. The highest BCUT2D eigenvalue weighted by Crippen LogP contribution is 2.25. The van der Waals surface area contributed by atoms with Gasteiger partial charge in [0.2, 0.25) is 5.91 Å². The fourth-order valence-corrected chi connectivity index (χ4v) is 3.65. The third-order valence-corrected chi connectivity index (χ3v) is 5.22. The van der Waals surface area contributed by atoms with Gasteiger partial charge < -0.3 is 0 Å². The zero-order chi connectivity index (χ0) is 16.9. The minimum atomic E-state index is -0.142. The van der Waals surface area contributed by atoms with Gasteiger partial charge in [-0.25, -0.2) is 10.4 Å². The number of carbonyl (C=O) groups is 1. The minimum absolute atomic E-state index is 0.142. The van der Waals surface area contributed by atoms with Crippen LogP contribution >= 0.6 is 23.1 Å². The number of carbonyl (C=O) groups excluding carboxylic acids is 1. The summed E-state index contributed by atoms with van der Waals surface area (Å²) in [6, 6.07) is 12.1. The molecule has 1 N–H and O–H groups in total. The molecular formula is C18H17N3OS2. The SMILES string of the molecule is Cc1cc(SCC(=O)NN=Cc2cccs2)nc2c(C)cccc12. The van der Waals surface area contributed by atoms with Crippen LogP contribution in [0.4, 0.5) is 0 Å². The number of pyridine rings is 1. The van der Waals surface area contributed by atoms with Crippen molar-refractivity contribution >= 4 is 46.1 Å². The molecule has 0 saturated carbocycles. The first-order valence-electron chi connectivity index (χ1n) is 7.48. The third kappa shape index (κ3) is 4.01. The second-order valence-electron chi connectivity index (χ2n) is 5.35. The van der Waals surface area contributed by atoms with E-state index in [-0.39, 0.29) is 11.7 Å². The molecule has 0 unspecified atom stereocenters. The molecule has 122 valence electrons. The summed E-state index contributed by atoms with van der Waals surface area (Å²) in [5.41, 5.74) is 5.85. The Hall–Kier alpha value is -2.18. The Morgan fingerprint density at radius 2 is 2.17 bits per heavy atom. The second kappa shape index (κ2) is 7.59. The summed E-state index contributed by atoms with van der Waals surface area (Å²) in [6.07, 6.45) is 1.65. The first kappa shape index (κ1) is 16.7. The van der Waals surface area contributed by atoms with Gasteiger partial charge >= 0.3 is 0 Å². The summed E-state index contributed by atoms with van der Waals surface area (Å²) < 4.78 is 0. The topological polar surface area (TPSA) is 54.4 Å². The van der Waals surface area contributed by atoms with Crippen LogP contribution in [0.1, 0.15) is 16.0 Å². The van der Waals surface area contributed by atoms with E-state index in [1.807, 2.05) is 29.6 Å². The molecular weight excluding hydrogens is 338 g/mol. The van der Waals surface area contributed by atoms with Crippen LogP contribution in [0, 0.1) is 13.8 Å². The van der Waals surface area contributed by atoms with Crippen LogP contribution < -0.4 is 5.43 Å². The Morgan fingerprint density at radius 3 is 2.96 bits per heavy atom. The van der Waals surface area contributed by atoms with Crippen LogP contribution in [0.25, 0.3) is 10.9 Å². The molecule has 0 spiro atoms. The maximum absolute atomic E-state index is 11.9. The number of para-hydroxylation sites is 1. The fourth-order valence-electron chi connectivity index (χ4n) is 2.31. The first-order valence-corrected chi connectivity index (χ1v) is 9.35. The van der Waals surface area contributed by atoms with Gasteiger partial charge in [-0.1, -0.05) is 36.0 Å². The normalized spacial score (nSPS) is 11.2. The summed E-state index contributed by atoms with van der Waals surface area (Å²) in [6.45, 7) is 4.12. The molecule has 0 fully saturated rings. The van der Waals surface area contributed by atoms with Gasteiger partial charge in [-0.05, 0) is 42.5 Å². The van der Waals surface area contributed by atoms with Crippen molar-refractivity contribution in [3.63, 3.8) is 0 Å². The zero-order valence-electron chi connectivity index (χ0n) is 13.4. The molecule has 0 aliphatic carbocycles. The molecule has 24 heavy (non-hydrogen) atoms. The number of nitrogens with zero attached hydrogens (tertiary/aromatic N) is 2. The van der Waals surface area contributed by atoms with Crippen LogP contribution in [0.3, 0.4) is 0 Å². The van der Waals surface area contributed by atoms with E-state index >= 15 is 0 Å². The number of hydrogen-bond donors (Lipinski definition) is 1. The van der Waals surface area contributed by atoms with Gasteiger partial charge in [-0.15, -0.1) is 11.3 Å². The lowest BCUT2D eigenvalue weighted by atomic mass is 10.1. The predicted octanol–water partition coefficient (Wildman–Crippen LogP) is 4.16.